The summed E-state index contributed by atoms with van der Waals surface area (Å²) in [5.74, 6) is -2.38. The Balaban J connectivity index is 0.000000566. The van der Waals surface area contributed by atoms with Gasteiger partial charge >= 0.3 is 12.1 Å². The Labute approximate surface area is 254 Å². The van der Waals surface area contributed by atoms with E-state index in [1.165, 1.54) is 21.8 Å². The summed E-state index contributed by atoms with van der Waals surface area (Å²) in [5, 5.41) is 21.7. The number of aliphatic carboxylic acids is 1. The summed E-state index contributed by atoms with van der Waals surface area (Å²) >= 11 is 1.48. The SMILES string of the molecule is COc1ccc2ccc(S(=O)(=O)N(Cc3ccsc3)[C@H]3CCN(Cc4ccnc(C#N)c4)C3=O)cc2c1.O=C(O)C(F)(F)F. The van der Waals surface area contributed by atoms with Crippen LogP contribution in [0.15, 0.2) is 76.4 Å². The summed E-state index contributed by atoms with van der Waals surface area (Å²) in [6, 6.07) is 16.9. The van der Waals surface area contributed by atoms with E-state index in [0.717, 1.165) is 21.9 Å². The molecule has 1 saturated heterocycles. The summed E-state index contributed by atoms with van der Waals surface area (Å²) in [7, 11) is -2.45. The summed E-state index contributed by atoms with van der Waals surface area (Å²) in [6.07, 6.45) is -3.17. The van der Waals surface area contributed by atoms with E-state index < -0.39 is 28.2 Å². The van der Waals surface area contributed by atoms with Crippen LogP contribution in [0.3, 0.4) is 0 Å². The van der Waals surface area contributed by atoms with Gasteiger partial charge in [-0.25, -0.2) is 18.2 Å². The highest BCUT2D eigenvalue weighted by molar-refractivity contribution is 7.89. The zero-order valence-electron chi connectivity index (χ0n) is 23.1. The Morgan fingerprint density at radius 2 is 1.89 bits per heavy atom. The highest BCUT2D eigenvalue weighted by Gasteiger charge is 2.42. The number of benzene rings is 2. The number of alkyl halides is 3. The van der Waals surface area contributed by atoms with Gasteiger partial charge < -0.3 is 14.7 Å². The minimum absolute atomic E-state index is 0.0973. The molecule has 1 fully saturated rings. The van der Waals surface area contributed by atoms with Crippen molar-refractivity contribution in [3.8, 4) is 11.8 Å². The molecule has 15 heteroatoms. The summed E-state index contributed by atoms with van der Waals surface area (Å²) < 4.78 is 66.4. The van der Waals surface area contributed by atoms with E-state index in [1.54, 1.807) is 48.4 Å². The molecule has 2 aromatic carbocycles. The van der Waals surface area contributed by atoms with E-state index >= 15 is 0 Å². The molecule has 44 heavy (non-hydrogen) atoms. The van der Waals surface area contributed by atoms with Crippen LogP contribution < -0.4 is 4.74 Å². The fraction of sp³-hybridized carbons (Fsp3) is 0.241. The topological polar surface area (TPSA) is 141 Å². The van der Waals surface area contributed by atoms with Crippen molar-refractivity contribution in [2.24, 2.45) is 0 Å². The summed E-state index contributed by atoms with van der Waals surface area (Å²) in [5.41, 5.74) is 1.88. The molecule has 10 nitrogen and oxygen atoms in total. The van der Waals surface area contributed by atoms with Crippen LogP contribution in [0.25, 0.3) is 10.8 Å². The molecule has 0 spiro atoms. The van der Waals surface area contributed by atoms with E-state index in [1.807, 2.05) is 35.0 Å². The molecule has 0 unspecified atom stereocenters. The molecule has 0 bridgehead atoms. The molecule has 3 heterocycles. The number of methoxy groups -OCH3 is 1. The van der Waals surface area contributed by atoms with Gasteiger partial charge in [0.05, 0.1) is 12.0 Å². The van der Waals surface area contributed by atoms with Crippen molar-refractivity contribution in [1.29, 1.82) is 5.26 Å². The first-order valence-electron chi connectivity index (χ1n) is 12.9. The van der Waals surface area contributed by atoms with Gasteiger partial charge in [0.1, 0.15) is 23.6 Å². The van der Waals surface area contributed by atoms with Gasteiger partial charge in [0.15, 0.2) is 0 Å². The number of amides is 1. The van der Waals surface area contributed by atoms with E-state index in [9.17, 15) is 26.4 Å². The standard InChI is InChI=1S/C27H24N4O4S2.C2HF3O2/c1-35-24-4-2-21-3-5-25(14-22(21)13-24)37(33,34)31(17-20-8-11-36-18-20)26-7-10-30(27(26)32)16-19-6-9-29-23(12-19)15-28;3-2(4,5)1(6)7/h2-6,8-9,11-14,18,26H,7,10,16-17H2,1H3;(H,6,7)/t26-;/m0./s1. The van der Waals surface area contributed by atoms with Crippen molar-refractivity contribution in [2.45, 2.75) is 36.6 Å². The molecule has 2 aromatic heterocycles. The van der Waals surface area contributed by atoms with Crippen molar-refractivity contribution in [2.75, 3.05) is 13.7 Å². The van der Waals surface area contributed by atoms with E-state index in [2.05, 4.69) is 4.98 Å². The van der Waals surface area contributed by atoms with Gasteiger partial charge in [-0.15, -0.1) is 0 Å². The Kier molecular flexibility index (Phi) is 9.88. The number of thiophene rings is 1. The number of fused-ring (bicyclic) bond motifs is 1. The number of halogens is 3. The molecule has 1 aliphatic rings. The van der Waals surface area contributed by atoms with Crippen molar-refractivity contribution in [1.82, 2.24) is 14.2 Å². The van der Waals surface area contributed by atoms with Gasteiger partial charge in [0, 0.05) is 25.8 Å². The Hall–Kier alpha value is -4.52. The first-order chi connectivity index (χ1) is 20.8. The Morgan fingerprint density at radius 3 is 2.52 bits per heavy atom. The maximum absolute atomic E-state index is 14.0. The molecular formula is C29H25F3N4O6S2. The molecule has 0 aliphatic carbocycles. The number of carbonyl (C=O) groups excluding carboxylic acids is 1. The van der Waals surface area contributed by atoms with Crippen molar-refractivity contribution in [3.63, 3.8) is 0 Å². The maximum Gasteiger partial charge on any atom is 0.490 e. The summed E-state index contributed by atoms with van der Waals surface area (Å²) in [4.78, 5) is 28.2. The van der Waals surface area contributed by atoms with Crippen LogP contribution in [-0.2, 0) is 32.7 Å². The zero-order chi connectivity index (χ0) is 32.1. The van der Waals surface area contributed by atoms with E-state index in [-0.39, 0.29) is 29.6 Å². The normalized spacial score (nSPS) is 15.1. The molecule has 4 aromatic rings. The first kappa shape index (κ1) is 32.4. The fourth-order valence-electron chi connectivity index (χ4n) is 4.55. The van der Waals surface area contributed by atoms with Crippen LogP contribution in [0.5, 0.6) is 5.75 Å². The van der Waals surface area contributed by atoms with Crippen LogP contribution in [-0.4, -0.2) is 65.5 Å². The highest BCUT2D eigenvalue weighted by Crippen LogP contribution is 2.31. The second-order valence-corrected chi connectivity index (χ2v) is 12.3. The van der Waals surface area contributed by atoms with Gasteiger partial charge in [-0.05, 0) is 81.5 Å². The van der Waals surface area contributed by atoms with Crippen molar-refractivity contribution in [3.05, 3.63) is 88.4 Å². The number of carboxylic acids is 1. The predicted octanol–water partition coefficient (Wildman–Crippen LogP) is 4.80. The number of sulfonamides is 1. The van der Waals surface area contributed by atoms with E-state index in [4.69, 9.17) is 19.9 Å². The number of carboxylic acid groups (broad SMARTS) is 1. The van der Waals surface area contributed by atoms with Gasteiger partial charge in [-0.3, -0.25) is 4.79 Å². The third-order valence-corrected chi connectivity index (χ3v) is 9.30. The monoisotopic (exact) mass is 646 g/mol. The molecule has 0 saturated carbocycles. The minimum atomic E-state index is -5.08. The Morgan fingerprint density at radius 1 is 1.16 bits per heavy atom. The van der Waals surface area contributed by atoms with Crippen molar-refractivity contribution < 1.29 is 41.0 Å². The van der Waals surface area contributed by atoms with E-state index in [0.29, 0.717) is 18.7 Å². The third kappa shape index (κ3) is 7.51. The average Bonchev–Trinajstić information content (AvgIpc) is 3.64. The second-order valence-electron chi connectivity index (χ2n) is 9.59. The van der Waals surface area contributed by atoms with Crippen molar-refractivity contribution >= 4 is 44.0 Å². The Bertz CT molecular complexity index is 1810. The second kappa shape index (κ2) is 13.4. The number of pyridine rings is 1. The number of carbonyl (C=O) groups is 2. The summed E-state index contributed by atoms with van der Waals surface area (Å²) in [6.45, 7) is 0.799. The van der Waals surface area contributed by atoms with Gasteiger partial charge in [0.25, 0.3) is 0 Å². The van der Waals surface area contributed by atoms with Gasteiger partial charge in [0.2, 0.25) is 15.9 Å². The number of nitrogens with zero attached hydrogens (tertiary/aromatic N) is 4. The highest BCUT2D eigenvalue weighted by atomic mass is 32.2. The lowest BCUT2D eigenvalue weighted by Gasteiger charge is -2.27. The zero-order valence-corrected chi connectivity index (χ0v) is 24.7. The number of ether oxygens (including phenoxy) is 1. The molecule has 1 atom stereocenters. The van der Waals surface area contributed by atoms with Crippen LogP contribution in [0.1, 0.15) is 23.2 Å². The van der Waals surface area contributed by atoms with Crippen LogP contribution in [0.2, 0.25) is 0 Å². The molecule has 0 radical (unpaired) electrons. The largest absolute Gasteiger partial charge is 0.497 e. The van der Waals surface area contributed by atoms with Crippen LogP contribution in [0.4, 0.5) is 13.2 Å². The minimum Gasteiger partial charge on any atom is -0.497 e. The lowest BCUT2D eigenvalue weighted by molar-refractivity contribution is -0.192. The number of aromatic nitrogens is 1. The lowest BCUT2D eigenvalue weighted by atomic mass is 10.1. The third-order valence-electron chi connectivity index (χ3n) is 6.72. The maximum atomic E-state index is 14.0. The van der Waals surface area contributed by atoms with Crippen LogP contribution >= 0.6 is 11.3 Å². The number of hydrogen-bond donors (Lipinski definition) is 1. The molecule has 1 aliphatic heterocycles. The van der Waals surface area contributed by atoms with Crippen LogP contribution in [0, 0.1) is 11.3 Å². The number of hydrogen-bond acceptors (Lipinski definition) is 8. The smallest absolute Gasteiger partial charge is 0.490 e. The molecule has 1 amide bonds. The molecule has 1 N–H and O–H groups in total. The predicted molar refractivity (Wildman–Crippen MR) is 154 cm³/mol. The first-order valence-corrected chi connectivity index (χ1v) is 15.3. The number of nitriles is 1. The number of rotatable bonds is 8. The fourth-order valence-corrected chi connectivity index (χ4v) is 6.85. The lowest BCUT2D eigenvalue weighted by Crippen LogP contribution is -2.44. The number of likely N-dealkylation sites (tertiary alicyclic amines) is 1. The van der Waals surface area contributed by atoms with Gasteiger partial charge in [-0.1, -0.05) is 12.1 Å². The quantitative estimate of drug-likeness (QED) is 0.288. The van der Waals surface area contributed by atoms with Gasteiger partial charge in [-0.2, -0.15) is 34.1 Å². The molecule has 5 rings (SSSR count). The average molecular weight is 647 g/mol. The molecule has 230 valence electrons. The molecular weight excluding hydrogens is 621 g/mol.